The molecule has 4 nitrogen and oxygen atoms in total. The van der Waals surface area contributed by atoms with Crippen LogP contribution in [0.4, 0.5) is 11.4 Å². The second-order valence-electron chi connectivity index (χ2n) is 4.94. The van der Waals surface area contributed by atoms with E-state index in [1.54, 1.807) is 12.1 Å². The van der Waals surface area contributed by atoms with Crippen LogP contribution in [0.5, 0.6) is 0 Å². The topological polar surface area (TPSA) is 55.2 Å². The number of thioether (sulfide) groups is 1. The van der Waals surface area contributed by atoms with Gasteiger partial charge in [0.2, 0.25) is 0 Å². The van der Waals surface area contributed by atoms with Gasteiger partial charge in [-0.25, -0.2) is 0 Å². The van der Waals surface area contributed by atoms with Crippen LogP contribution in [0.15, 0.2) is 18.2 Å². The van der Waals surface area contributed by atoms with Crippen molar-refractivity contribution in [2.45, 2.75) is 44.4 Å². The van der Waals surface area contributed by atoms with Gasteiger partial charge in [-0.1, -0.05) is 13.0 Å². The average molecular weight is 280 g/mol. The van der Waals surface area contributed by atoms with Gasteiger partial charge in [0.15, 0.2) is 0 Å². The largest absolute Gasteiger partial charge is 0.382 e. The molecule has 104 valence electrons. The molecule has 1 saturated carbocycles. The van der Waals surface area contributed by atoms with Gasteiger partial charge in [-0.3, -0.25) is 10.1 Å². The normalized spacial score (nSPS) is 22.4. The molecule has 1 fully saturated rings. The van der Waals surface area contributed by atoms with Crippen LogP contribution in [0, 0.1) is 17.0 Å². The fourth-order valence-corrected chi connectivity index (χ4v) is 3.80. The Kier molecular flexibility index (Phi) is 4.69. The molecule has 0 aromatic heterocycles. The number of nitro groups is 1. The molecule has 0 bridgehead atoms. The zero-order valence-corrected chi connectivity index (χ0v) is 12.2. The highest BCUT2D eigenvalue weighted by atomic mass is 32.2. The molecule has 1 aliphatic rings. The van der Waals surface area contributed by atoms with Gasteiger partial charge >= 0.3 is 0 Å². The fourth-order valence-electron chi connectivity index (χ4n) is 2.66. The lowest BCUT2D eigenvalue weighted by atomic mass is 10.1. The monoisotopic (exact) mass is 280 g/mol. The maximum atomic E-state index is 10.9. The molecule has 2 unspecified atom stereocenters. The summed E-state index contributed by atoms with van der Waals surface area (Å²) in [6, 6.07) is 5.69. The molecule has 19 heavy (non-hydrogen) atoms. The van der Waals surface area contributed by atoms with Gasteiger partial charge in [0.1, 0.15) is 0 Å². The number of nitro benzene ring substituents is 1. The first-order valence-corrected chi connectivity index (χ1v) is 7.78. The summed E-state index contributed by atoms with van der Waals surface area (Å²) < 4.78 is 0. The summed E-state index contributed by atoms with van der Waals surface area (Å²) >= 11 is 2.02. The van der Waals surface area contributed by atoms with Crippen LogP contribution in [-0.2, 0) is 0 Å². The average Bonchev–Trinajstić information content (AvgIpc) is 2.79. The molecule has 0 aliphatic heterocycles. The van der Waals surface area contributed by atoms with Crippen molar-refractivity contribution in [3.8, 4) is 0 Å². The molecule has 1 aliphatic carbocycles. The minimum Gasteiger partial charge on any atom is -0.382 e. The van der Waals surface area contributed by atoms with E-state index in [1.807, 2.05) is 24.8 Å². The minimum absolute atomic E-state index is 0.197. The highest BCUT2D eigenvalue weighted by Crippen LogP contribution is 2.33. The van der Waals surface area contributed by atoms with E-state index in [1.165, 1.54) is 6.42 Å². The number of benzene rings is 1. The first kappa shape index (κ1) is 14.2. The van der Waals surface area contributed by atoms with Crippen molar-refractivity contribution in [3.05, 3.63) is 33.9 Å². The third-order valence-electron chi connectivity index (χ3n) is 3.65. The van der Waals surface area contributed by atoms with Gasteiger partial charge in [0.25, 0.3) is 5.69 Å². The quantitative estimate of drug-likeness (QED) is 0.654. The predicted octanol–water partition coefficient (Wildman–Crippen LogP) is 3.99. The van der Waals surface area contributed by atoms with E-state index in [0.29, 0.717) is 6.04 Å². The lowest BCUT2D eigenvalue weighted by Crippen LogP contribution is -2.17. The van der Waals surface area contributed by atoms with E-state index < -0.39 is 0 Å². The number of hydrogen-bond acceptors (Lipinski definition) is 4. The highest BCUT2D eigenvalue weighted by Gasteiger charge is 2.25. The Bertz CT molecular complexity index is 465. The molecule has 1 aromatic carbocycles. The number of rotatable bonds is 5. The number of anilines is 1. The smallest absolute Gasteiger partial charge is 0.274 e. The van der Waals surface area contributed by atoms with Crippen LogP contribution in [0.3, 0.4) is 0 Å². The van der Waals surface area contributed by atoms with Gasteiger partial charge in [-0.15, -0.1) is 0 Å². The summed E-state index contributed by atoms with van der Waals surface area (Å²) in [6.07, 6.45) is 3.55. The number of nitrogens with zero attached hydrogens (tertiary/aromatic N) is 1. The molecule has 5 heteroatoms. The Morgan fingerprint density at radius 2 is 2.26 bits per heavy atom. The third-order valence-corrected chi connectivity index (χ3v) is 4.88. The maximum Gasteiger partial charge on any atom is 0.274 e. The molecule has 0 heterocycles. The molecular formula is C14H20N2O2S. The summed E-state index contributed by atoms with van der Waals surface area (Å²) in [7, 11) is 0. The van der Waals surface area contributed by atoms with Gasteiger partial charge in [0, 0.05) is 28.6 Å². The third kappa shape index (κ3) is 3.41. The van der Waals surface area contributed by atoms with E-state index in [0.717, 1.165) is 35.1 Å². The van der Waals surface area contributed by atoms with Crippen LogP contribution in [-0.4, -0.2) is 22.0 Å². The standard InChI is InChI=1S/C14H20N2O2S/c1-3-19-12-8-7-11(9-12)15-13-5-4-6-14(10(13)2)16(17)18/h4-6,11-12,15H,3,7-9H2,1-2H3. The zero-order valence-electron chi connectivity index (χ0n) is 11.4. The summed E-state index contributed by atoms with van der Waals surface area (Å²) in [5.41, 5.74) is 1.84. The van der Waals surface area contributed by atoms with Crippen molar-refractivity contribution in [2.24, 2.45) is 0 Å². The minimum atomic E-state index is -0.315. The first-order valence-electron chi connectivity index (χ1n) is 6.74. The van der Waals surface area contributed by atoms with Gasteiger partial charge in [-0.2, -0.15) is 11.8 Å². The zero-order chi connectivity index (χ0) is 13.8. The molecule has 0 spiro atoms. The Morgan fingerprint density at radius 1 is 1.47 bits per heavy atom. The molecule has 0 amide bonds. The van der Waals surface area contributed by atoms with Crippen molar-refractivity contribution >= 4 is 23.1 Å². The van der Waals surface area contributed by atoms with Crippen LogP contribution < -0.4 is 5.32 Å². The summed E-state index contributed by atoms with van der Waals surface area (Å²) in [4.78, 5) is 10.6. The molecule has 0 saturated heterocycles. The van der Waals surface area contributed by atoms with E-state index in [2.05, 4.69) is 12.2 Å². The summed E-state index contributed by atoms with van der Waals surface area (Å²) in [6.45, 7) is 4.00. The fraction of sp³-hybridized carbons (Fsp3) is 0.571. The molecule has 0 radical (unpaired) electrons. The van der Waals surface area contributed by atoms with E-state index in [9.17, 15) is 10.1 Å². The molecule has 2 rings (SSSR count). The van der Waals surface area contributed by atoms with Crippen LogP contribution in [0.25, 0.3) is 0 Å². The van der Waals surface area contributed by atoms with Crippen molar-refractivity contribution < 1.29 is 4.92 Å². The van der Waals surface area contributed by atoms with E-state index in [4.69, 9.17) is 0 Å². The molecular weight excluding hydrogens is 260 g/mol. The maximum absolute atomic E-state index is 10.9. The van der Waals surface area contributed by atoms with Gasteiger partial charge in [0.05, 0.1) is 4.92 Å². The summed E-state index contributed by atoms with van der Waals surface area (Å²) in [5.74, 6) is 1.16. The Balaban J connectivity index is 2.04. The van der Waals surface area contributed by atoms with E-state index >= 15 is 0 Å². The number of nitrogens with one attached hydrogen (secondary N) is 1. The highest BCUT2D eigenvalue weighted by molar-refractivity contribution is 7.99. The van der Waals surface area contributed by atoms with Crippen LogP contribution in [0.1, 0.15) is 31.7 Å². The van der Waals surface area contributed by atoms with Crippen LogP contribution >= 0.6 is 11.8 Å². The molecule has 1 N–H and O–H groups in total. The van der Waals surface area contributed by atoms with Gasteiger partial charge in [-0.05, 0) is 38.0 Å². The lowest BCUT2D eigenvalue weighted by molar-refractivity contribution is -0.385. The Morgan fingerprint density at radius 3 is 2.95 bits per heavy atom. The summed E-state index contributed by atoms with van der Waals surface area (Å²) in [5, 5.41) is 15.1. The Hall–Kier alpha value is -1.23. The first-order chi connectivity index (χ1) is 9.11. The van der Waals surface area contributed by atoms with Crippen molar-refractivity contribution in [1.82, 2.24) is 0 Å². The second-order valence-corrected chi connectivity index (χ2v) is 6.52. The number of hydrogen-bond donors (Lipinski definition) is 1. The van der Waals surface area contributed by atoms with Gasteiger partial charge < -0.3 is 5.32 Å². The van der Waals surface area contributed by atoms with Crippen molar-refractivity contribution in [2.75, 3.05) is 11.1 Å². The van der Waals surface area contributed by atoms with Crippen molar-refractivity contribution in [1.29, 1.82) is 0 Å². The van der Waals surface area contributed by atoms with Crippen molar-refractivity contribution in [3.63, 3.8) is 0 Å². The SMILES string of the molecule is CCSC1CCC(Nc2cccc([N+](=O)[O-])c2C)C1. The van der Waals surface area contributed by atoms with E-state index in [-0.39, 0.29) is 10.6 Å². The Labute approximate surface area is 118 Å². The molecule has 1 aromatic rings. The molecule has 2 atom stereocenters. The van der Waals surface area contributed by atoms with Crippen LogP contribution in [0.2, 0.25) is 0 Å². The lowest BCUT2D eigenvalue weighted by Gasteiger charge is -2.16. The second kappa shape index (κ2) is 6.28. The predicted molar refractivity (Wildman–Crippen MR) is 81.0 cm³/mol.